The number of ether oxygens (including phenoxy) is 1. The molecular weight excluding hydrogens is 517 g/mol. The Bertz CT molecular complexity index is 1560. The van der Waals surface area contributed by atoms with Crippen molar-refractivity contribution in [1.29, 1.82) is 0 Å². The highest BCUT2D eigenvalue weighted by Crippen LogP contribution is 2.43. The summed E-state index contributed by atoms with van der Waals surface area (Å²) in [7, 11) is 2.10. The number of anilines is 1. The van der Waals surface area contributed by atoms with Crippen LogP contribution in [-0.2, 0) is 0 Å². The van der Waals surface area contributed by atoms with Gasteiger partial charge in [-0.05, 0) is 67.3 Å². The maximum atomic E-state index is 16.6. The second-order valence-electron chi connectivity index (χ2n) is 11.2. The molecule has 1 aromatic heterocycles. The predicted octanol–water partition coefficient (Wildman–Crippen LogP) is 5.36. The van der Waals surface area contributed by atoms with E-state index in [4.69, 9.17) is 21.3 Å². The average Bonchev–Trinajstić information content (AvgIpc) is 3.27. The first-order chi connectivity index (χ1) is 18.9. The van der Waals surface area contributed by atoms with Gasteiger partial charge in [-0.1, -0.05) is 35.9 Å². The molecule has 2 N–H and O–H groups in total. The topological polar surface area (TPSA) is 73.8 Å². The number of benzene rings is 3. The number of phenols is 1. The van der Waals surface area contributed by atoms with Crippen molar-refractivity contribution in [2.75, 3.05) is 38.1 Å². The molecule has 7 rings (SSSR count). The number of phenolic OH excluding ortho intramolecular Hbond substituents is 1. The fourth-order valence-electron chi connectivity index (χ4n) is 6.42. The highest BCUT2D eigenvalue weighted by Gasteiger charge is 2.34. The van der Waals surface area contributed by atoms with E-state index in [2.05, 4.69) is 27.1 Å². The fraction of sp³-hybridized carbons (Fsp3) is 0.400. The van der Waals surface area contributed by atoms with Crippen LogP contribution >= 0.6 is 11.6 Å². The molecule has 3 saturated heterocycles. The van der Waals surface area contributed by atoms with Crippen molar-refractivity contribution in [3.63, 3.8) is 0 Å². The minimum Gasteiger partial charge on any atom is -0.508 e. The molecule has 3 aromatic carbocycles. The summed E-state index contributed by atoms with van der Waals surface area (Å²) in [5.41, 5.74) is 0.917. The Balaban J connectivity index is 1.40. The zero-order valence-electron chi connectivity index (χ0n) is 21.8. The van der Waals surface area contributed by atoms with Crippen LogP contribution in [-0.4, -0.2) is 71.4 Å². The number of nitrogens with zero attached hydrogens (tertiary/aromatic N) is 4. The van der Waals surface area contributed by atoms with Gasteiger partial charge in [0.1, 0.15) is 23.2 Å². The van der Waals surface area contributed by atoms with E-state index in [1.54, 1.807) is 18.2 Å². The van der Waals surface area contributed by atoms with Crippen LogP contribution in [0.15, 0.2) is 42.5 Å². The van der Waals surface area contributed by atoms with E-state index in [9.17, 15) is 5.11 Å². The van der Waals surface area contributed by atoms with Gasteiger partial charge in [-0.2, -0.15) is 9.97 Å². The van der Waals surface area contributed by atoms with Crippen molar-refractivity contribution >= 4 is 39.1 Å². The van der Waals surface area contributed by atoms with E-state index in [0.29, 0.717) is 28.9 Å². The monoisotopic (exact) mass is 547 g/mol. The lowest BCUT2D eigenvalue weighted by Crippen LogP contribution is -2.51. The second-order valence-corrected chi connectivity index (χ2v) is 11.6. The number of aromatic nitrogens is 2. The van der Waals surface area contributed by atoms with Crippen LogP contribution in [0.3, 0.4) is 0 Å². The normalized spacial score (nSPS) is 22.2. The Morgan fingerprint density at radius 3 is 2.51 bits per heavy atom. The molecule has 39 heavy (non-hydrogen) atoms. The smallest absolute Gasteiger partial charge is 0.319 e. The van der Waals surface area contributed by atoms with Gasteiger partial charge in [0.25, 0.3) is 0 Å². The van der Waals surface area contributed by atoms with Gasteiger partial charge < -0.3 is 25.0 Å². The van der Waals surface area contributed by atoms with Gasteiger partial charge in [0, 0.05) is 49.2 Å². The quantitative estimate of drug-likeness (QED) is 0.356. The summed E-state index contributed by atoms with van der Waals surface area (Å²) in [4.78, 5) is 14.0. The highest BCUT2D eigenvalue weighted by atomic mass is 35.5. The Morgan fingerprint density at radius 2 is 1.74 bits per heavy atom. The number of piperidine rings is 1. The first kappa shape index (κ1) is 24.8. The van der Waals surface area contributed by atoms with Crippen molar-refractivity contribution in [3.8, 4) is 22.9 Å². The molecular formula is C30H31ClFN5O2. The maximum Gasteiger partial charge on any atom is 0.319 e. The largest absolute Gasteiger partial charge is 0.508 e. The fourth-order valence-corrected chi connectivity index (χ4v) is 6.72. The number of hydrogen-bond donors (Lipinski definition) is 2. The lowest BCUT2D eigenvalue weighted by molar-refractivity contribution is 0.105. The van der Waals surface area contributed by atoms with Crippen molar-refractivity contribution in [1.82, 2.24) is 20.2 Å². The third-order valence-corrected chi connectivity index (χ3v) is 8.71. The summed E-state index contributed by atoms with van der Waals surface area (Å²) >= 11 is 6.84. The Labute approximate surface area is 231 Å². The minimum atomic E-state index is -0.539. The number of halogens is 2. The summed E-state index contributed by atoms with van der Waals surface area (Å²) in [5.74, 6) is 0.169. The Morgan fingerprint density at radius 1 is 1.00 bits per heavy atom. The molecule has 0 saturated carbocycles. The third kappa shape index (κ3) is 4.54. The first-order valence-electron chi connectivity index (χ1n) is 13.7. The molecule has 3 aliphatic heterocycles. The van der Waals surface area contributed by atoms with Gasteiger partial charge in [0.2, 0.25) is 0 Å². The molecule has 2 bridgehead atoms. The van der Waals surface area contributed by atoms with Crippen LogP contribution in [0.2, 0.25) is 5.02 Å². The summed E-state index contributed by atoms with van der Waals surface area (Å²) < 4.78 is 23.0. The molecule has 0 unspecified atom stereocenters. The molecule has 0 amide bonds. The van der Waals surface area contributed by atoms with Crippen molar-refractivity contribution < 1.29 is 14.2 Å². The van der Waals surface area contributed by atoms with Crippen LogP contribution in [0.25, 0.3) is 32.8 Å². The van der Waals surface area contributed by atoms with E-state index in [1.165, 1.54) is 0 Å². The van der Waals surface area contributed by atoms with Gasteiger partial charge in [-0.25, -0.2) is 4.39 Å². The Hall–Kier alpha value is -3.20. The van der Waals surface area contributed by atoms with Crippen molar-refractivity contribution in [2.45, 2.75) is 43.9 Å². The van der Waals surface area contributed by atoms with Gasteiger partial charge in [-0.15, -0.1) is 0 Å². The SMILES string of the molecule is CN1CCC(Oc2nc(N3C[C@H]4CC[C@@H](C3)N4)c3cc(Cl)c(-c4cc(O)cc5ccccc45)c(F)c3n2)CC1. The summed E-state index contributed by atoms with van der Waals surface area (Å²) in [6.45, 7) is 3.44. The number of piperazine rings is 1. The lowest BCUT2D eigenvalue weighted by atomic mass is 9.96. The van der Waals surface area contributed by atoms with E-state index in [0.717, 1.165) is 62.6 Å². The van der Waals surface area contributed by atoms with E-state index in [-0.39, 0.29) is 34.0 Å². The number of fused-ring (bicyclic) bond motifs is 4. The molecule has 7 nitrogen and oxygen atoms in total. The van der Waals surface area contributed by atoms with E-state index >= 15 is 4.39 Å². The van der Waals surface area contributed by atoms with Crippen LogP contribution in [0, 0.1) is 5.82 Å². The number of rotatable bonds is 4. The minimum absolute atomic E-state index is 0.0180. The molecule has 0 spiro atoms. The Kier molecular flexibility index (Phi) is 6.21. The molecule has 4 aromatic rings. The molecule has 3 aliphatic rings. The van der Waals surface area contributed by atoms with E-state index < -0.39 is 5.82 Å². The summed E-state index contributed by atoms with van der Waals surface area (Å²) in [6.07, 6.45) is 3.96. The van der Waals surface area contributed by atoms with Gasteiger partial charge >= 0.3 is 6.01 Å². The standard InChI is InChI=1S/C30H31ClFN5O2/c1-36-10-8-21(9-11-36)39-30-34-28-24(29(35-30)37-15-18-6-7-19(16-37)33-18)14-25(31)26(27(28)32)23-13-20(38)12-17-4-2-3-5-22(17)23/h2-5,12-14,18-19,21,33,38H,6-11,15-16H2,1H3/t18-,19+. The molecule has 9 heteroatoms. The number of nitrogens with one attached hydrogen (secondary N) is 1. The second kappa shape index (κ2) is 9.77. The molecule has 0 aliphatic carbocycles. The summed E-state index contributed by atoms with van der Waals surface area (Å²) in [6, 6.07) is 13.5. The number of aromatic hydroxyl groups is 1. The van der Waals surface area contributed by atoms with E-state index in [1.807, 2.05) is 24.3 Å². The van der Waals surface area contributed by atoms with Crippen molar-refractivity contribution in [2.24, 2.45) is 0 Å². The molecule has 0 radical (unpaired) electrons. The number of likely N-dealkylation sites (tertiary alicyclic amines) is 1. The van der Waals surface area contributed by atoms with Gasteiger partial charge in [-0.3, -0.25) is 0 Å². The maximum absolute atomic E-state index is 16.6. The predicted molar refractivity (Wildman–Crippen MR) is 152 cm³/mol. The zero-order chi connectivity index (χ0) is 26.7. The zero-order valence-corrected chi connectivity index (χ0v) is 22.6. The first-order valence-corrected chi connectivity index (χ1v) is 14.1. The van der Waals surface area contributed by atoms with Crippen LogP contribution in [0.5, 0.6) is 11.8 Å². The lowest BCUT2D eigenvalue weighted by Gasteiger charge is -2.34. The van der Waals surface area contributed by atoms with Gasteiger partial charge in [0.15, 0.2) is 5.82 Å². The average molecular weight is 548 g/mol. The summed E-state index contributed by atoms with van der Waals surface area (Å²) in [5, 5.41) is 16.5. The highest BCUT2D eigenvalue weighted by molar-refractivity contribution is 6.35. The van der Waals surface area contributed by atoms with Crippen LogP contribution in [0.4, 0.5) is 10.2 Å². The molecule has 3 fully saturated rings. The molecule has 2 atom stereocenters. The van der Waals surface area contributed by atoms with Crippen LogP contribution < -0.4 is 15.0 Å². The number of hydrogen-bond acceptors (Lipinski definition) is 7. The van der Waals surface area contributed by atoms with Crippen LogP contribution in [0.1, 0.15) is 25.7 Å². The van der Waals surface area contributed by atoms with Gasteiger partial charge in [0.05, 0.1) is 5.02 Å². The molecule has 4 heterocycles. The molecule has 202 valence electrons. The third-order valence-electron chi connectivity index (χ3n) is 8.41. The van der Waals surface area contributed by atoms with Crippen molar-refractivity contribution in [3.05, 3.63) is 53.3 Å².